The van der Waals surface area contributed by atoms with Crippen molar-refractivity contribution >= 4 is 5.97 Å². The van der Waals surface area contributed by atoms with Crippen molar-refractivity contribution in [1.82, 2.24) is 0 Å². The van der Waals surface area contributed by atoms with E-state index in [9.17, 15) is 15.0 Å². The first kappa shape index (κ1) is 27.3. The van der Waals surface area contributed by atoms with Gasteiger partial charge in [-0.1, -0.05) is 74.4 Å². The molecule has 1 aromatic rings. The van der Waals surface area contributed by atoms with Gasteiger partial charge >= 0.3 is 5.97 Å². The summed E-state index contributed by atoms with van der Waals surface area (Å²) < 4.78 is 5.24. The lowest BCUT2D eigenvalue weighted by Gasteiger charge is -2.06. The summed E-state index contributed by atoms with van der Waals surface area (Å²) in [4.78, 5) is 11.8. The highest BCUT2D eigenvalue weighted by Crippen LogP contribution is 2.25. The second-order valence-corrected chi connectivity index (χ2v) is 7.75. The number of allylic oxidation sites excluding steroid dienone is 8. The van der Waals surface area contributed by atoms with Gasteiger partial charge in [0.1, 0.15) is 0 Å². The maximum atomic E-state index is 11.8. The average Bonchev–Trinajstić information content (AvgIpc) is 2.78. The number of esters is 1. The van der Waals surface area contributed by atoms with E-state index in [1.807, 2.05) is 0 Å². The molecule has 0 aliphatic carbocycles. The molecule has 2 N–H and O–H groups in total. The lowest BCUT2D eigenvalue weighted by atomic mass is 10.1. The van der Waals surface area contributed by atoms with Crippen LogP contribution in [0.3, 0.4) is 0 Å². The van der Waals surface area contributed by atoms with Gasteiger partial charge in [-0.15, -0.1) is 0 Å². The fourth-order valence-corrected chi connectivity index (χ4v) is 3.06. The van der Waals surface area contributed by atoms with Crippen LogP contribution in [0.2, 0.25) is 0 Å². The quantitative estimate of drug-likeness (QED) is 0.115. The third-order valence-electron chi connectivity index (χ3n) is 4.91. The van der Waals surface area contributed by atoms with E-state index in [-0.39, 0.29) is 24.1 Å². The molecular weight excluding hydrogens is 400 g/mol. The fraction of sp³-hybridized carbons (Fsp3) is 0.464. The summed E-state index contributed by atoms with van der Waals surface area (Å²) in [7, 11) is 0. The number of rotatable bonds is 17. The number of benzene rings is 1. The van der Waals surface area contributed by atoms with Gasteiger partial charge in [-0.25, -0.2) is 0 Å². The van der Waals surface area contributed by atoms with E-state index in [1.165, 1.54) is 12.1 Å². The average molecular weight is 441 g/mol. The van der Waals surface area contributed by atoms with Crippen LogP contribution in [0.15, 0.2) is 66.8 Å². The Bertz CT molecular complexity index is 744. The normalized spacial score (nSPS) is 12.0. The van der Waals surface area contributed by atoms with E-state index in [1.54, 1.807) is 6.07 Å². The minimum Gasteiger partial charge on any atom is -0.504 e. The van der Waals surface area contributed by atoms with Gasteiger partial charge in [-0.3, -0.25) is 4.79 Å². The Morgan fingerprint density at radius 1 is 0.812 bits per heavy atom. The van der Waals surface area contributed by atoms with Gasteiger partial charge < -0.3 is 14.9 Å². The number of ether oxygens (including phenoxy) is 1. The Labute approximate surface area is 194 Å². The van der Waals surface area contributed by atoms with Crippen LogP contribution < -0.4 is 0 Å². The molecule has 0 fully saturated rings. The lowest BCUT2D eigenvalue weighted by molar-refractivity contribution is -0.143. The summed E-state index contributed by atoms with van der Waals surface area (Å²) in [5.74, 6) is -0.473. The standard InChI is InChI=1S/C28H40O4/c1-2-3-4-5-6-7-8-9-10-11-12-13-14-15-16-17-18-19-28(31)32-23-22-25-20-21-26(29)27(30)24-25/h3-4,6-7,9-10,12-13,20-21,24,29-30H,2,5,8,11,14-19,22-23H2,1H3/b4-3-,7-6-,10-9-,13-12-. The van der Waals surface area contributed by atoms with Gasteiger partial charge in [0.05, 0.1) is 6.61 Å². The van der Waals surface area contributed by atoms with Crippen LogP contribution in [0.1, 0.15) is 76.7 Å². The lowest BCUT2D eigenvalue weighted by Crippen LogP contribution is -2.07. The summed E-state index contributed by atoms with van der Waals surface area (Å²) in [6.07, 6.45) is 28.0. The Morgan fingerprint density at radius 2 is 1.44 bits per heavy atom. The summed E-state index contributed by atoms with van der Waals surface area (Å²) in [6.45, 7) is 2.43. The van der Waals surface area contributed by atoms with E-state index in [2.05, 4.69) is 55.5 Å². The van der Waals surface area contributed by atoms with Crippen molar-refractivity contribution in [3.63, 3.8) is 0 Å². The molecule has 1 aromatic carbocycles. The highest BCUT2D eigenvalue weighted by molar-refractivity contribution is 5.69. The molecule has 0 saturated carbocycles. The Morgan fingerprint density at radius 3 is 2.09 bits per heavy atom. The maximum Gasteiger partial charge on any atom is 0.305 e. The van der Waals surface area contributed by atoms with Gasteiger partial charge in [0, 0.05) is 12.8 Å². The second-order valence-electron chi connectivity index (χ2n) is 7.75. The van der Waals surface area contributed by atoms with Crippen molar-refractivity contribution in [2.24, 2.45) is 0 Å². The van der Waals surface area contributed by atoms with E-state index in [0.717, 1.165) is 63.4 Å². The third kappa shape index (κ3) is 15.1. The van der Waals surface area contributed by atoms with Gasteiger partial charge in [-0.05, 0) is 62.6 Å². The number of hydrogen-bond acceptors (Lipinski definition) is 4. The van der Waals surface area contributed by atoms with Crippen molar-refractivity contribution in [3.05, 3.63) is 72.4 Å². The topological polar surface area (TPSA) is 66.8 Å². The van der Waals surface area contributed by atoms with E-state index >= 15 is 0 Å². The van der Waals surface area contributed by atoms with Crippen LogP contribution in [0, 0.1) is 0 Å². The predicted molar refractivity (Wildman–Crippen MR) is 133 cm³/mol. The van der Waals surface area contributed by atoms with Gasteiger partial charge in [-0.2, -0.15) is 0 Å². The zero-order chi connectivity index (χ0) is 23.3. The molecule has 0 saturated heterocycles. The molecule has 4 heteroatoms. The number of carbonyl (C=O) groups is 1. The van der Waals surface area contributed by atoms with Crippen LogP contribution in [-0.4, -0.2) is 22.8 Å². The zero-order valence-corrected chi connectivity index (χ0v) is 19.5. The van der Waals surface area contributed by atoms with Crippen molar-refractivity contribution in [2.45, 2.75) is 77.6 Å². The molecule has 176 valence electrons. The molecular formula is C28H40O4. The zero-order valence-electron chi connectivity index (χ0n) is 19.5. The van der Waals surface area contributed by atoms with Crippen LogP contribution in [0.5, 0.6) is 11.5 Å². The van der Waals surface area contributed by atoms with E-state index in [0.29, 0.717) is 12.8 Å². The molecule has 0 amide bonds. The summed E-state index contributed by atoms with van der Waals surface area (Å²) >= 11 is 0. The highest BCUT2D eigenvalue weighted by atomic mass is 16.5. The van der Waals surface area contributed by atoms with Crippen LogP contribution in [0.4, 0.5) is 0 Å². The number of phenolic OH excluding ortho intramolecular Hbond substituents is 2. The van der Waals surface area contributed by atoms with Crippen molar-refractivity contribution < 1.29 is 19.7 Å². The first-order valence-corrected chi connectivity index (χ1v) is 11.9. The third-order valence-corrected chi connectivity index (χ3v) is 4.91. The maximum absolute atomic E-state index is 11.8. The molecule has 1 rings (SSSR count). The van der Waals surface area contributed by atoms with E-state index in [4.69, 9.17) is 4.74 Å². The Hall–Kier alpha value is -2.75. The minimum atomic E-state index is -0.174. The van der Waals surface area contributed by atoms with Crippen molar-refractivity contribution in [3.8, 4) is 11.5 Å². The Balaban J connectivity index is 1.93. The molecule has 32 heavy (non-hydrogen) atoms. The number of phenols is 2. The molecule has 0 heterocycles. The van der Waals surface area contributed by atoms with Crippen LogP contribution >= 0.6 is 0 Å². The molecule has 0 aliphatic heterocycles. The van der Waals surface area contributed by atoms with Crippen molar-refractivity contribution in [1.29, 1.82) is 0 Å². The molecule has 0 spiro atoms. The molecule has 0 aromatic heterocycles. The van der Waals surface area contributed by atoms with Gasteiger partial charge in [0.15, 0.2) is 11.5 Å². The fourth-order valence-electron chi connectivity index (χ4n) is 3.06. The SMILES string of the molecule is CC/C=C\C/C=C\C/C=C\C/C=C\CCCCCCC(=O)OCCc1ccc(O)c(O)c1. The highest BCUT2D eigenvalue weighted by Gasteiger charge is 2.04. The van der Waals surface area contributed by atoms with E-state index < -0.39 is 0 Å². The number of hydrogen-bond donors (Lipinski definition) is 2. The molecule has 0 radical (unpaired) electrons. The Kier molecular flexibility index (Phi) is 16.2. The van der Waals surface area contributed by atoms with Gasteiger partial charge in [0.25, 0.3) is 0 Å². The van der Waals surface area contributed by atoms with Crippen molar-refractivity contribution in [2.75, 3.05) is 6.61 Å². The first-order valence-electron chi connectivity index (χ1n) is 11.9. The molecule has 0 aliphatic rings. The van der Waals surface area contributed by atoms with Gasteiger partial charge in [0.2, 0.25) is 0 Å². The smallest absolute Gasteiger partial charge is 0.305 e. The molecule has 4 nitrogen and oxygen atoms in total. The number of aromatic hydroxyl groups is 2. The minimum absolute atomic E-state index is 0.146. The second kappa shape index (κ2) is 19.0. The first-order chi connectivity index (χ1) is 15.6. The van der Waals surface area contributed by atoms with Crippen LogP contribution in [0.25, 0.3) is 0 Å². The molecule has 0 atom stereocenters. The predicted octanol–water partition coefficient (Wildman–Crippen LogP) is 7.33. The molecule has 0 unspecified atom stereocenters. The largest absolute Gasteiger partial charge is 0.504 e. The monoisotopic (exact) mass is 440 g/mol. The number of carbonyl (C=O) groups excluding carboxylic acids is 1. The summed E-state index contributed by atoms with van der Waals surface area (Å²) in [6, 6.07) is 4.63. The van der Waals surface area contributed by atoms with Crippen LogP contribution in [-0.2, 0) is 16.0 Å². The number of unbranched alkanes of at least 4 members (excludes halogenated alkanes) is 4. The summed E-state index contributed by atoms with van der Waals surface area (Å²) in [5.41, 5.74) is 0.823. The summed E-state index contributed by atoms with van der Waals surface area (Å²) in [5, 5.41) is 18.7. The molecule has 0 bridgehead atoms.